The first-order valence-corrected chi connectivity index (χ1v) is 11.3. The highest BCUT2D eigenvalue weighted by Gasteiger charge is 2.26. The summed E-state index contributed by atoms with van der Waals surface area (Å²) >= 11 is 0. The highest BCUT2D eigenvalue weighted by molar-refractivity contribution is 5.97. The summed E-state index contributed by atoms with van der Waals surface area (Å²) in [4.78, 5) is 17.9. The fourth-order valence-corrected chi connectivity index (χ4v) is 4.42. The third kappa shape index (κ3) is 4.21. The van der Waals surface area contributed by atoms with Gasteiger partial charge in [0.2, 0.25) is 0 Å². The van der Waals surface area contributed by atoms with Crippen molar-refractivity contribution in [1.29, 1.82) is 0 Å². The minimum absolute atomic E-state index is 0.0819. The van der Waals surface area contributed by atoms with E-state index in [0.29, 0.717) is 12.2 Å². The molecule has 2 aromatic heterocycles. The van der Waals surface area contributed by atoms with Crippen LogP contribution in [-0.4, -0.2) is 46.5 Å². The Hall–Kier alpha value is -3.31. The Morgan fingerprint density at radius 2 is 1.41 bits per heavy atom. The van der Waals surface area contributed by atoms with E-state index in [2.05, 4.69) is 71.8 Å². The number of aromatic nitrogens is 1. The van der Waals surface area contributed by atoms with E-state index < -0.39 is 0 Å². The largest absolute Gasteiger partial charge is 0.463 e. The molecule has 32 heavy (non-hydrogen) atoms. The zero-order valence-electron chi connectivity index (χ0n) is 18.8. The fraction of sp³-hybridized carbons (Fsp3) is 0.296. The third-order valence-corrected chi connectivity index (χ3v) is 6.39. The van der Waals surface area contributed by atoms with Crippen molar-refractivity contribution in [2.75, 3.05) is 26.2 Å². The molecule has 3 heterocycles. The zero-order chi connectivity index (χ0) is 22.1. The molecule has 5 nitrogen and oxygen atoms in total. The highest BCUT2D eigenvalue weighted by Crippen LogP contribution is 2.24. The van der Waals surface area contributed by atoms with Crippen LogP contribution in [0, 0.1) is 13.8 Å². The van der Waals surface area contributed by atoms with Crippen molar-refractivity contribution in [3.05, 3.63) is 94.9 Å². The first kappa shape index (κ1) is 20.6. The Bertz CT molecular complexity index is 1210. The normalized spacial score (nSPS) is 14.9. The molecule has 2 aromatic carbocycles. The monoisotopic (exact) mass is 427 g/mol. The number of carbonyl (C=O) groups is 1. The minimum Gasteiger partial charge on any atom is -0.463 e. The van der Waals surface area contributed by atoms with Crippen LogP contribution >= 0.6 is 0 Å². The SMILES string of the molecule is Cc1ccc(CN2CCN(C(=O)c3cc4occc4n3Cc3ccc(C)cc3)CC2)cc1. The fourth-order valence-electron chi connectivity index (χ4n) is 4.42. The second-order valence-corrected chi connectivity index (χ2v) is 8.83. The maximum absolute atomic E-state index is 13.5. The Balaban J connectivity index is 1.30. The van der Waals surface area contributed by atoms with Crippen molar-refractivity contribution in [3.63, 3.8) is 0 Å². The molecule has 0 N–H and O–H groups in total. The third-order valence-electron chi connectivity index (χ3n) is 6.39. The number of aryl methyl sites for hydroxylation is 2. The van der Waals surface area contributed by atoms with Gasteiger partial charge in [0.1, 0.15) is 5.69 Å². The zero-order valence-corrected chi connectivity index (χ0v) is 18.8. The van der Waals surface area contributed by atoms with Crippen LogP contribution in [0.25, 0.3) is 11.1 Å². The molecular formula is C27H29N3O2. The first-order valence-electron chi connectivity index (χ1n) is 11.3. The van der Waals surface area contributed by atoms with Gasteiger partial charge in [-0.25, -0.2) is 0 Å². The molecule has 164 valence electrons. The molecule has 4 aromatic rings. The molecule has 0 saturated carbocycles. The number of amides is 1. The van der Waals surface area contributed by atoms with Gasteiger partial charge in [-0.05, 0) is 25.0 Å². The summed E-state index contributed by atoms with van der Waals surface area (Å²) in [6.45, 7) is 9.02. The van der Waals surface area contributed by atoms with Gasteiger partial charge >= 0.3 is 0 Å². The number of hydrogen-bond donors (Lipinski definition) is 0. The van der Waals surface area contributed by atoms with E-state index in [4.69, 9.17) is 4.42 Å². The molecule has 0 aliphatic carbocycles. The molecule has 1 fully saturated rings. The van der Waals surface area contributed by atoms with Gasteiger partial charge in [0.25, 0.3) is 5.91 Å². The van der Waals surface area contributed by atoms with Gasteiger partial charge < -0.3 is 13.9 Å². The molecule has 5 heteroatoms. The number of rotatable bonds is 5. The van der Waals surface area contributed by atoms with Crippen molar-refractivity contribution >= 4 is 17.0 Å². The van der Waals surface area contributed by atoms with Gasteiger partial charge in [-0.2, -0.15) is 0 Å². The van der Waals surface area contributed by atoms with Gasteiger partial charge in [-0.3, -0.25) is 9.69 Å². The Morgan fingerprint density at radius 3 is 2.03 bits per heavy atom. The van der Waals surface area contributed by atoms with Crippen molar-refractivity contribution in [1.82, 2.24) is 14.4 Å². The average Bonchev–Trinajstić information content (AvgIpc) is 3.39. The topological polar surface area (TPSA) is 41.6 Å². The Kier molecular flexibility index (Phi) is 5.58. The van der Waals surface area contributed by atoms with Gasteiger partial charge in [0.15, 0.2) is 5.58 Å². The van der Waals surface area contributed by atoms with Crippen LogP contribution in [0.1, 0.15) is 32.7 Å². The van der Waals surface area contributed by atoms with Crippen LogP contribution in [0.15, 0.2) is 71.3 Å². The lowest BCUT2D eigenvalue weighted by Gasteiger charge is -2.35. The maximum Gasteiger partial charge on any atom is 0.270 e. The lowest BCUT2D eigenvalue weighted by molar-refractivity contribution is 0.0619. The average molecular weight is 428 g/mol. The van der Waals surface area contributed by atoms with Crippen molar-refractivity contribution in [3.8, 4) is 0 Å². The summed E-state index contributed by atoms with van der Waals surface area (Å²) in [6, 6.07) is 21.0. The molecule has 1 saturated heterocycles. The second kappa shape index (κ2) is 8.67. The number of fused-ring (bicyclic) bond motifs is 1. The quantitative estimate of drug-likeness (QED) is 0.457. The summed E-state index contributed by atoms with van der Waals surface area (Å²) in [5, 5.41) is 0. The first-order chi connectivity index (χ1) is 15.6. The van der Waals surface area contributed by atoms with Crippen LogP contribution in [0.3, 0.4) is 0 Å². The molecule has 0 unspecified atom stereocenters. The summed E-state index contributed by atoms with van der Waals surface area (Å²) in [5.41, 5.74) is 7.43. The summed E-state index contributed by atoms with van der Waals surface area (Å²) in [6.07, 6.45) is 1.69. The predicted molar refractivity (Wildman–Crippen MR) is 127 cm³/mol. The molecule has 1 aliphatic rings. The molecule has 1 aliphatic heterocycles. The molecular weight excluding hydrogens is 398 g/mol. The Labute approximate surface area is 188 Å². The molecule has 0 spiro atoms. The van der Waals surface area contributed by atoms with E-state index in [0.717, 1.165) is 43.8 Å². The highest BCUT2D eigenvalue weighted by atomic mass is 16.3. The lowest BCUT2D eigenvalue weighted by atomic mass is 10.1. The smallest absolute Gasteiger partial charge is 0.270 e. The van der Waals surface area contributed by atoms with Crippen LogP contribution < -0.4 is 0 Å². The number of hydrogen-bond acceptors (Lipinski definition) is 3. The lowest BCUT2D eigenvalue weighted by Crippen LogP contribution is -2.48. The standard InChI is InChI=1S/C27H29N3O2/c1-20-3-7-22(8-4-20)18-28-12-14-29(15-13-28)27(31)25-17-26-24(11-16-32-26)30(25)19-23-9-5-21(2)6-10-23/h3-11,16-17H,12-15,18-19H2,1-2H3. The van der Waals surface area contributed by atoms with E-state index in [9.17, 15) is 4.79 Å². The number of nitrogens with zero attached hydrogens (tertiary/aromatic N) is 3. The number of carbonyl (C=O) groups excluding carboxylic acids is 1. The molecule has 0 bridgehead atoms. The van der Waals surface area contributed by atoms with Gasteiger partial charge in [-0.1, -0.05) is 59.7 Å². The Morgan fingerprint density at radius 1 is 0.812 bits per heavy atom. The van der Waals surface area contributed by atoms with E-state index in [1.807, 2.05) is 17.0 Å². The van der Waals surface area contributed by atoms with E-state index in [1.54, 1.807) is 6.26 Å². The van der Waals surface area contributed by atoms with Crippen LogP contribution in [-0.2, 0) is 13.1 Å². The molecule has 1 amide bonds. The number of piperazine rings is 1. The summed E-state index contributed by atoms with van der Waals surface area (Å²) in [7, 11) is 0. The van der Waals surface area contributed by atoms with Crippen molar-refractivity contribution in [2.24, 2.45) is 0 Å². The van der Waals surface area contributed by atoms with Gasteiger partial charge in [-0.15, -0.1) is 0 Å². The minimum atomic E-state index is 0.0819. The van der Waals surface area contributed by atoms with Crippen molar-refractivity contribution in [2.45, 2.75) is 26.9 Å². The second-order valence-electron chi connectivity index (χ2n) is 8.83. The van der Waals surface area contributed by atoms with Crippen LogP contribution in [0.2, 0.25) is 0 Å². The van der Waals surface area contributed by atoms with E-state index >= 15 is 0 Å². The predicted octanol–water partition coefficient (Wildman–Crippen LogP) is 4.86. The molecule has 0 atom stereocenters. The maximum atomic E-state index is 13.5. The van der Waals surface area contributed by atoms with Crippen LogP contribution in [0.4, 0.5) is 0 Å². The molecule has 0 radical (unpaired) electrons. The van der Waals surface area contributed by atoms with Gasteiger partial charge in [0, 0.05) is 51.4 Å². The van der Waals surface area contributed by atoms with E-state index in [1.165, 1.54) is 22.3 Å². The van der Waals surface area contributed by atoms with E-state index in [-0.39, 0.29) is 5.91 Å². The van der Waals surface area contributed by atoms with Crippen LogP contribution in [0.5, 0.6) is 0 Å². The van der Waals surface area contributed by atoms with Gasteiger partial charge in [0.05, 0.1) is 11.8 Å². The number of furan rings is 1. The summed E-state index contributed by atoms with van der Waals surface area (Å²) in [5.74, 6) is 0.0819. The van der Waals surface area contributed by atoms with Crippen molar-refractivity contribution < 1.29 is 9.21 Å². The molecule has 5 rings (SSSR count). The number of benzene rings is 2. The summed E-state index contributed by atoms with van der Waals surface area (Å²) < 4.78 is 7.71.